The third kappa shape index (κ3) is 4.13. The smallest absolute Gasteiger partial charge is 0.317 e. The zero-order valence-corrected chi connectivity index (χ0v) is 12.5. The lowest BCUT2D eigenvalue weighted by Gasteiger charge is -2.08. The number of hydrazone groups is 1. The first-order valence-corrected chi connectivity index (χ1v) is 6.75. The molecule has 0 spiro atoms. The van der Waals surface area contributed by atoms with E-state index in [1.807, 2.05) is 0 Å². The average Bonchev–Trinajstić information content (AvgIpc) is 2.52. The molecule has 0 bridgehead atoms. The van der Waals surface area contributed by atoms with Gasteiger partial charge in [-0.2, -0.15) is 5.10 Å². The number of nitrogens with zero attached hydrogens (tertiary/aromatic N) is 2. The molecular weight excluding hydrogens is 304 g/mol. The monoisotopic (exact) mass is 316 g/mol. The summed E-state index contributed by atoms with van der Waals surface area (Å²) in [4.78, 5) is 27.3. The van der Waals surface area contributed by atoms with Crippen LogP contribution >= 0.6 is 11.6 Å². The Kier molecular flexibility index (Phi) is 5.21. The Balaban J connectivity index is 1.94. The van der Waals surface area contributed by atoms with Gasteiger partial charge in [0.05, 0.1) is 6.21 Å². The van der Waals surface area contributed by atoms with Crippen LogP contribution in [-0.2, 0) is 9.59 Å². The predicted molar refractivity (Wildman–Crippen MR) is 84.8 cm³/mol. The van der Waals surface area contributed by atoms with E-state index in [0.717, 1.165) is 0 Å². The highest BCUT2D eigenvalue weighted by Crippen LogP contribution is 2.22. The molecule has 6 nitrogen and oxygen atoms in total. The number of carbonyl (C=O) groups is 2. The van der Waals surface area contributed by atoms with Crippen LogP contribution in [0.1, 0.15) is 11.1 Å². The second kappa shape index (κ2) is 7.33. The van der Waals surface area contributed by atoms with Crippen LogP contribution in [0.2, 0.25) is 5.02 Å². The van der Waals surface area contributed by atoms with E-state index in [2.05, 4.69) is 20.8 Å². The zero-order valence-electron chi connectivity index (χ0n) is 11.7. The van der Waals surface area contributed by atoms with Crippen molar-refractivity contribution in [2.45, 2.75) is 6.92 Å². The SMILES string of the molecule is Cc1c(Cl)cccc1NC(=O)C(=O)N/N=C\c1cccnc1. The molecule has 0 fully saturated rings. The van der Waals surface area contributed by atoms with Crippen molar-refractivity contribution in [2.24, 2.45) is 5.10 Å². The molecule has 2 aromatic rings. The molecule has 112 valence electrons. The normalized spacial score (nSPS) is 10.5. The summed E-state index contributed by atoms with van der Waals surface area (Å²) < 4.78 is 0. The van der Waals surface area contributed by atoms with E-state index in [-0.39, 0.29) is 0 Å². The van der Waals surface area contributed by atoms with Gasteiger partial charge in [-0.05, 0) is 30.7 Å². The van der Waals surface area contributed by atoms with Crippen LogP contribution in [0.3, 0.4) is 0 Å². The largest absolute Gasteiger partial charge is 0.329 e. The molecule has 0 radical (unpaired) electrons. The minimum absolute atomic E-state index is 0.476. The van der Waals surface area contributed by atoms with E-state index < -0.39 is 11.8 Å². The Morgan fingerprint density at radius 2 is 2.05 bits per heavy atom. The number of nitrogens with one attached hydrogen (secondary N) is 2. The van der Waals surface area contributed by atoms with Crippen molar-refractivity contribution in [3.63, 3.8) is 0 Å². The highest BCUT2D eigenvalue weighted by molar-refractivity contribution is 6.40. The molecule has 22 heavy (non-hydrogen) atoms. The molecule has 2 N–H and O–H groups in total. The molecule has 0 aliphatic heterocycles. The number of hydrogen-bond donors (Lipinski definition) is 2. The third-order valence-corrected chi connectivity index (χ3v) is 3.20. The molecule has 2 amide bonds. The van der Waals surface area contributed by atoms with Gasteiger partial charge < -0.3 is 5.32 Å². The fourth-order valence-electron chi connectivity index (χ4n) is 1.59. The second-order valence-electron chi connectivity index (χ2n) is 4.35. The maximum Gasteiger partial charge on any atom is 0.329 e. The Labute approximate surface area is 132 Å². The van der Waals surface area contributed by atoms with Gasteiger partial charge in [0, 0.05) is 28.7 Å². The van der Waals surface area contributed by atoms with Crippen LogP contribution in [0.5, 0.6) is 0 Å². The number of halogens is 1. The van der Waals surface area contributed by atoms with Gasteiger partial charge in [-0.15, -0.1) is 0 Å². The van der Waals surface area contributed by atoms with Crippen molar-refractivity contribution in [3.05, 3.63) is 58.9 Å². The zero-order chi connectivity index (χ0) is 15.9. The topological polar surface area (TPSA) is 83.5 Å². The molecule has 1 aromatic carbocycles. The average molecular weight is 317 g/mol. The van der Waals surface area contributed by atoms with Crippen LogP contribution in [0.25, 0.3) is 0 Å². The quantitative estimate of drug-likeness (QED) is 0.517. The van der Waals surface area contributed by atoms with Gasteiger partial charge in [-0.25, -0.2) is 5.43 Å². The van der Waals surface area contributed by atoms with Gasteiger partial charge >= 0.3 is 11.8 Å². The van der Waals surface area contributed by atoms with Crippen LogP contribution in [0.15, 0.2) is 47.8 Å². The number of benzene rings is 1. The predicted octanol–water partition coefficient (Wildman–Crippen LogP) is 2.13. The number of carbonyl (C=O) groups excluding carboxylic acids is 2. The Hall–Kier alpha value is -2.73. The first kappa shape index (κ1) is 15.7. The molecule has 1 heterocycles. The Bertz CT molecular complexity index is 717. The van der Waals surface area contributed by atoms with E-state index in [4.69, 9.17) is 11.6 Å². The molecule has 7 heteroatoms. The fraction of sp³-hybridized carbons (Fsp3) is 0.0667. The molecule has 0 aliphatic carbocycles. The number of amides is 2. The van der Waals surface area contributed by atoms with Crippen molar-refractivity contribution in [1.82, 2.24) is 10.4 Å². The van der Waals surface area contributed by atoms with Gasteiger partial charge in [0.1, 0.15) is 0 Å². The highest BCUT2D eigenvalue weighted by atomic mass is 35.5. The molecular formula is C15H13ClN4O2. The summed E-state index contributed by atoms with van der Waals surface area (Å²) in [6.45, 7) is 1.75. The molecule has 0 aliphatic rings. The number of hydrogen-bond acceptors (Lipinski definition) is 4. The fourth-order valence-corrected chi connectivity index (χ4v) is 1.77. The summed E-state index contributed by atoms with van der Waals surface area (Å²) in [6.07, 6.45) is 4.59. The van der Waals surface area contributed by atoms with Crippen LogP contribution in [0, 0.1) is 6.92 Å². The van der Waals surface area contributed by atoms with Gasteiger partial charge in [-0.3, -0.25) is 14.6 Å². The first-order chi connectivity index (χ1) is 10.6. The van der Waals surface area contributed by atoms with Crippen molar-refractivity contribution < 1.29 is 9.59 Å². The van der Waals surface area contributed by atoms with Crippen LogP contribution < -0.4 is 10.7 Å². The van der Waals surface area contributed by atoms with E-state index in [1.54, 1.807) is 49.6 Å². The van der Waals surface area contributed by atoms with E-state index in [0.29, 0.717) is 21.8 Å². The highest BCUT2D eigenvalue weighted by Gasteiger charge is 2.14. The van der Waals surface area contributed by atoms with Crippen molar-refractivity contribution in [1.29, 1.82) is 0 Å². The van der Waals surface area contributed by atoms with Gasteiger partial charge in [-0.1, -0.05) is 23.7 Å². The lowest BCUT2D eigenvalue weighted by molar-refractivity contribution is -0.136. The number of pyridine rings is 1. The van der Waals surface area contributed by atoms with E-state index >= 15 is 0 Å². The number of rotatable bonds is 3. The van der Waals surface area contributed by atoms with Crippen LogP contribution in [-0.4, -0.2) is 23.0 Å². The number of anilines is 1. The second-order valence-corrected chi connectivity index (χ2v) is 4.76. The lowest BCUT2D eigenvalue weighted by atomic mass is 10.2. The molecule has 0 unspecified atom stereocenters. The van der Waals surface area contributed by atoms with E-state index in [1.165, 1.54) is 6.21 Å². The van der Waals surface area contributed by atoms with Gasteiger partial charge in [0.15, 0.2) is 0 Å². The standard InChI is InChI=1S/C15H13ClN4O2/c1-10-12(16)5-2-6-13(10)19-14(21)15(22)20-18-9-11-4-3-7-17-8-11/h2-9H,1H3,(H,19,21)(H,20,22)/b18-9-. The summed E-state index contributed by atoms with van der Waals surface area (Å²) in [5.74, 6) is -1.70. The van der Waals surface area contributed by atoms with E-state index in [9.17, 15) is 9.59 Å². The minimum atomic E-state index is -0.875. The summed E-state index contributed by atoms with van der Waals surface area (Å²) in [5, 5.41) is 6.68. The maximum atomic E-state index is 11.8. The molecule has 0 saturated heterocycles. The minimum Gasteiger partial charge on any atom is -0.317 e. The van der Waals surface area contributed by atoms with Crippen molar-refractivity contribution in [2.75, 3.05) is 5.32 Å². The molecule has 1 aromatic heterocycles. The Morgan fingerprint density at radius 1 is 1.23 bits per heavy atom. The van der Waals surface area contributed by atoms with Crippen molar-refractivity contribution in [3.8, 4) is 0 Å². The van der Waals surface area contributed by atoms with Crippen molar-refractivity contribution >= 4 is 35.3 Å². The number of aromatic nitrogens is 1. The van der Waals surface area contributed by atoms with Gasteiger partial charge in [0.25, 0.3) is 0 Å². The first-order valence-electron chi connectivity index (χ1n) is 6.37. The molecule has 2 rings (SSSR count). The maximum absolute atomic E-state index is 11.8. The summed E-state index contributed by atoms with van der Waals surface area (Å²) in [5.41, 5.74) is 4.01. The Morgan fingerprint density at radius 3 is 2.77 bits per heavy atom. The summed E-state index contributed by atoms with van der Waals surface area (Å²) in [6, 6.07) is 8.54. The van der Waals surface area contributed by atoms with Gasteiger partial charge in [0.2, 0.25) is 0 Å². The van der Waals surface area contributed by atoms with Crippen LogP contribution in [0.4, 0.5) is 5.69 Å². The summed E-state index contributed by atoms with van der Waals surface area (Å²) >= 11 is 5.95. The molecule has 0 atom stereocenters. The third-order valence-electron chi connectivity index (χ3n) is 2.79. The summed E-state index contributed by atoms with van der Waals surface area (Å²) in [7, 11) is 0. The lowest BCUT2D eigenvalue weighted by Crippen LogP contribution is -2.32. The molecule has 0 saturated carbocycles.